The molecule has 2 aromatic rings. The molecule has 1 fully saturated rings. The smallest absolute Gasteiger partial charge is 0.331 e. The topological polar surface area (TPSA) is 84.3 Å². The van der Waals surface area contributed by atoms with Gasteiger partial charge in [0, 0.05) is 6.42 Å². The maximum Gasteiger partial charge on any atom is 0.331 e. The number of fused-ring (bicyclic) bond motifs is 1. The van der Waals surface area contributed by atoms with E-state index in [1.807, 2.05) is 6.92 Å². The van der Waals surface area contributed by atoms with Gasteiger partial charge in [0.15, 0.2) is 0 Å². The number of aromatic amines is 1. The number of nitrogens with zero attached hydrogens (tertiary/aromatic N) is 1. The van der Waals surface area contributed by atoms with Crippen LogP contribution in [0.15, 0.2) is 21.0 Å². The third-order valence-electron chi connectivity index (χ3n) is 3.44. The molecule has 0 amide bonds. The number of H-pyrrole nitrogens is 1. The Kier molecular flexibility index (Phi) is 3.04. The molecule has 0 spiro atoms. The Bertz CT molecular complexity index is 716. The molecule has 2 N–H and O–H groups in total. The van der Waals surface area contributed by atoms with E-state index in [0.717, 1.165) is 0 Å². The summed E-state index contributed by atoms with van der Waals surface area (Å²) in [5.41, 5.74) is -0.311. The molecule has 3 heterocycles. The number of rotatable bonds is 2. The van der Waals surface area contributed by atoms with Crippen molar-refractivity contribution in [2.45, 2.75) is 38.2 Å². The van der Waals surface area contributed by atoms with Crippen molar-refractivity contribution in [1.82, 2.24) is 9.55 Å². The van der Waals surface area contributed by atoms with Gasteiger partial charge in [0.25, 0.3) is 5.56 Å². The molecular formula is C12H14N2O4S. The third-order valence-corrected chi connectivity index (χ3v) is 4.35. The number of aromatic nitrogens is 2. The van der Waals surface area contributed by atoms with E-state index in [2.05, 4.69) is 4.98 Å². The zero-order valence-corrected chi connectivity index (χ0v) is 11.1. The number of thiophene rings is 1. The molecule has 1 unspecified atom stereocenters. The minimum Gasteiger partial charge on any atom is -0.390 e. The lowest BCUT2D eigenvalue weighted by Crippen LogP contribution is -2.32. The minimum atomic E-state index is -0.581. The normalized spacial score (nSPS) is 27.2. The van der Waals surface area contributed by atoms with E-state index >= 15 is 0 Å². The second kappa shape index (κ2) is 4.59. The summed E-state index contributed by atoms with van der Waals surface area (Å²) in [6.07, 6.45) is -0.334. The summed E-state index contributed by atoms with van der Waals surface area (Å²) in [5.74, 6) is 0. The van der Waals surface area contributed by atoms with Crippen LogP contribution in [0.2, 0.25) is 0 Å². The highest BCUT2D eigenvalue weighted by molar-refractivity contribution is 7.17. The maximum atomic E-state index is 12.0. The van der Waals surface area contributed by atoms with Crippen LogP contribution >= 0.6 is 11.3 Å². The summed E-state index contributed by atoms with van der Waals surface area (Å²) in [4.78, 5) is 25.9. The molecule has 2 aromatic heterocycles. The first-order valence-electron chi connectivity index (χ1n) is 6.17. The average Bonchev–Trinajstić information content (AvgIpc) is 2.96. The molecule has 1 aliphatic heterocycles. The Balaban J connectivity index is 2.14. The van der Waals surface area contributed by atoms with Gasteiger partial charge in [0.05, 0.1) is 17.7 Å². The van der Waals surface area contributed by atoms with E-state index in [1.165, 1.54) is 15.9 Å². The number of hydrogen-bond donors (Lipinski definition) is 2. The van der Waals surface area contributed by atoms with Crippen molar-refractivity contribution in [1.29, 1.82) is 0 Å². The van der Waals surface area contributed by atoms with Gasteiger partial charge in [-0.3, -0.25) is 14.3 Å². The summed E-state index contributed by atoms with van der Waals surface area (Å²) >= 11 is 1.28. The van der Waals surface area contributed by atoms with E-state index < -0.39 is 18.0 Å². The molecule has 7 heteroatoms. The third kappa shape index (κ3) is 1.94. The zero-order valence-electron chi connectivity index (χ0n) is 10.3. The van der Waals surface area contributed by atoms with Crippen molar-refractivity contribution in [3.8, 4) is 0 Å². The fraction of sp³-hybridized carbons (Fsp3) is 0.500. The van der Waals surface area contributed by atoms with Crippen molar-refractivity contribution < 1.29 is 9.84 Å². The number of ether oxygens (including phenoxy) is 1. The van der Waals surface area contributed by atoms with Gasteiger partial charge < -0.3 is 9.84 Å². The molecule has 1 aliphatic rings. The highest BCUT2D eigenvalue weighted by atomic mass is 32.1. The van der Waals surface area contributed by atoms with Crippen LogP contribution in [-0.2, 0) is 4.74 Å². The lowest BCUT2D eigenvalue weighted by atomic mass is 10.1. The Morgan fingerprint density at radius 3 is 3.05 bits per heavy atom. The van der Waals surface area contributed by atoms with Crippen LogP contribution in [0.3, 0.4) is 0 Å². The van der Waals surface area contributed by atoms with Crippen molar-refractivity contribution in [2.75, 3.05) is 0 Å². The van der Waals surface area contributed by atoms with Gasteiger partial charge in [0.1, 0.15) is 10.9 Å². The fourth-order valence-electron chi connectivity index (χ4n) is 2.51. The first-order valence-corrected chi connectivity index (χ1v) is 7.05. The van der Waals surface area contributed by atoms with Gasteiger partial charge in [-0.1, -0.05) is 6.92 Å². The molecule has 0 bridgehead atoms. The Labute approximate surface area is 112 Å². The predicted octanol–water partition coefficient (Wildman–Crippen LogP) is 0.810. The SMILES string of the molecule is CC[C@H]1O[C@@H](n2c(=O)[nH]c(=O)c3sccc32)CC1O. The van der Waals surface area contributed by atoms with E-state index in [1.54, 1.807) is 11.4 Å². The van der Waals surface area contributed by atoms with Crippen LogP contribution in [0.25, 0.3) is 10.2 Å². The van der Waals surface area contributed by atoms with Gasteiger partial charge in [0.2, 0.25) is 0 Å². The number of nitrogens with one attached hydrogen (secondary N) is 1. The molecule has 0 radical (unpaired) electrons. The summed E-state index contributed by atoms with van der Waals surface area (Å²) < 4.78 is 7.62. The van der Waals surface area contributed by atoms with Gasteiger partial charge >= 0.3 is 5.69 Å². The maximum absolute atomic E-state index is 12.0. The molecule has 0 aliphatic carbocycles. The molecule has 19 heavy (non-hydrogen) atoms. The van der Waals surface area contributed by atoms with Gasteiger partial charge in [-0.15, -0.1) is 11.3 Å². The van der Waals surface area contributed by atoms with E-state index in [-0.39, 0.29) is 11.7 Å². The van der Waals surface area contributed by atoms with Crippen molar-refractivity contribution in [3.63, 3.8) is 0 Å². The van der Waals surface area contributed by atoms with Crippen LogP contribution in [0.1, 0.15) is 26.0 Å². The predicted molar refractivity (Wildman–Crippen MR) is 71.5 cm³/mol. The van der Waals surface area contributed by atoms with Crippen LogP contribution < -0.4 is 11.2 Å². The molecule has 102 valence electrons. The van der Waals surface area contributed by atoms with Gasteiger partial charge in [-0.25, -0.2) is 4.79 Å². The highest BCUT2D eigenvalue weighted by Crippen LogP contribution is 2.31. The van der Waals surface area contributed by atoms with Crippen LogP contribution in [0.4, 0.5) is 0 Å². The molecule has 3 rings (SSSR count). The molecule has 3 atom stereocenters. The number of aliphatic hydroxyl groups is 1. The molecule has 0 saturated carbocycles. The summed E-state index contributed by atoms with van der Waals surface area (Å²) in [6, 6.07) is 1.73. The zero-order chi connectivity index (χ0) is 13.6. The van der Waals surface area contributed by atoms with Crippen molar-refractivity contribution >= 4 is 21.6 Å². The van der Waals surface area contributed by atoms with E-state index in [4.69, 9.17) is 4.74 Å². The van der Waals surface area contributed by atoms with Crippen LogP contribution in [0.5, 0.6) is 0 Å². The lowest BCUT2D eigenvalue weighted by molar-refractivity contribution is -0.0197. The van der Waals surface area contributed by atoms with Gasteiger partial charge in [-0.05, 0) is 17.9 Å². The lowest BCUT2D eigenvalue weighted by Gasteiger charge is -2.15. The molecule has 6 nitrogen and oxygen atoms in total. The minimum absolute atomic E-state index is 0.266. The van der Waals surface area contributed by atoms with E-state index in [9.17, 15) is 14.7 Å². The van der Waals surface area contributed by atoms with Crippen LogP contribution in [0, 0.1) is 0 Å². The molecular weight excluding hydrogens is 268 g/mol. The first-order chi connectivity index (χ1) is 9.11. The average molecular weight is 282 g/mol. The largest absolute Gasteiger partial charge is 0.390 e. The number of aliphatic hydroxyl groups excluding tert-OH is 1. The first kappa shape index (κ1) is 12.6. The van der Waals surface area contributed by atoms with Crippen molar-refractivity contribution in [3.05, 3.63) is 32.3 Å². The summed E-state index contributed by atoms with van der Waals surface area (Å²) in [5, 5.41) is 11.6. The second-order valence-corrected chi connectivity index (χ2v) is 5.52. The quantitative estimate of drug-likeness (QED) is 0.853. The molecule has 1 saturated heterocycles. The standard InChI is InChI=1S/C12H14N2O4S/c1-2-8-7(15)5-9(18-8)14-6-3-4-19-10(6)11(16)13-12(14)17/h3-4,7-9,15H,2,5H2,1H3,(H,13,16,17)/t7?,8-,9-/m1/s1. The highest BCUT2D eigenvalue weighted by Gasteiger charge is 2.35. The Morgan fingerprint density at radius 1 is 1.58 bits per heavy atom. The van der Waals surface area contributed by atoms with E-state index in [0.29, 0.717) is 23.1 Å². The number of hydrogen-bond acceptors (Lipinski definition) is 5. The summed E-state index contributed by atoms with van der Waals surface area (Å²) in [6.45, 7) is 1.92. The Morgan fingerprint density at radius 2 is 2.37 bits per heavy atom. The fourth-order valence-corrected chi connectivity index (χ4v) is 3.29. The second-order valence-electron chi connectivity index (χ2n) is 4.60. The van der Waals surface area contributed by atoms with Gasteiger partial charge in [-0.2, -0.15) is 0 Å². The Hall–Kier alpha value is -1.44. The monoisotopic (exact) mass is 282 g/mol. The summed E-state index contributed by atoms with van der Waals surface area (Å²) in [7, 11) is 0. The van der Waals surface area contributed by atoms with Crippen molar-refractivity contribution in [2.24, 2.45) is 0 Å². The van der Waals surface area contributed by atoms with Crippen LogP contribution in [-0.4, -0.2) is 26.9 Å². The molecule has 0 aromatic carbocycles.